The van der Waals surface area contributed by atoms with Crippen LogP contribution in [0.1, 0.15) is 41.3 Å². The highest BCUT2D eigenvalue weighted by Gasteiger charge is 2.26. The van der Waals surface area contributed by atoms with Crippen LogP contribution in [0.4, 0.5) is 4.39 Å². The molecular weight excluding hydrogens is 389 g/mol. The van der Waals surface area contributed by atoms with Crippen molar-refractivity contribution in [2.45, 2.75) is 36.8 Å². The fourth-order valence-corrected chi connectivity index (χ4v) is 4.66. The molecule has 2 heterocycles. The summed E-state index contributed by atoms with van der Waals surface area (Å²) in [5.74, 6) is -0.0649. The van der Waals surface area contributed by atoms with Crippen LogP contribution in [0.3, 0.4) is 0 Å². The van der Waals surface area contributed by atoms with Gasteiger partial charge in [-0.05, 0) is 55.0 Å². The minimum atomic E-state index is -0.292. The summed E-state index contributed by atoms with van der Waals surface area (Å²) in [6.07, 6.45) is 3.91. The predicted octanol–water partition coefficient (Wildman–Crippen LogP) is 3.66. The number of rotatable bonds is 4. The van der Waals surface area contributed by atoms with Gasteiger partial charge < -0.3 is 9.64 Å². The van der Waals surface area contributed by atoms with Crippen molar-refractivity contribution in [2.75, 3.05) is 25.4 Å². The minimum Gasteiger partial charge on any atom is -0.370 e. The van der Waals surface area contributed by atoms with Gasteiger partial charge >= 0.3 is 0 Å². The molecule has 2 aromatic rings. The van der Waals surface area contributed by atoms with Gasteiger partial charge in [-0.1, -0.05) is 23.9 Å². The lowest BCUT2D eigenvalue weighted by Gasteiger charge is -2.33. The smallest absolute Gasteiger partial charge is 0.233 e. The first-order valence-electron chi connectivity index (χ1n) is 9.84. The Morgan fingerprint density at radius 2 is 2.10 bits per heavy atom. The number of thioether (sulfide) groups is 1. The summed E-state index contributed by atoms with van der Waals surface area (Å²) in [5, 5.41) is 10.1. The first kappa shape index (κ1) is 19.9. The van der Waals surface area contributed by atoms with E-state index in [1.165, 1.54) is 29.5 Å². The Balaban J connectivity index is 1.40. The lowest BCUT2D eigenvalue weighted by Crippen LogP contribution is -2.43. The molecule has 1 aliphatic carbocycles. The number of hydrogen-bond donors (Lipinski definition) is 0. The van der Waals surface area contributed by atoms with Gasteiger partial charge in [0.1, 0.15) is 23.0 Å². The zero-order valence-electron chi connectivity index (χ0n) is 16.1. The van der Waals surface area contributed by atoms with Crippen LogP contribution < -0.4 is 0 Å². The molecule has 1 atom stereocenters. The van der Waals surface area contributed by atoms with E-state index in [0.717, 1.165) is 36.9 Å². The second kappa shape index (κ2) is 8.93. The average Bonchev–Trinajstić information content (AvgIpc) is 2.77. The quantitative estimate of drug-likeness (QED) is 0.719. The van der Waals surface area contributed by atoms with Gasteiger partial charge in [0.25, 0.3) is 0 Å². The van der Waals surface area contributed by atoms with E-state index < -0.39 is 0 Å². The van der Waals surface area contributed by atoms with Gasteiger partial charge in [0.15, 0.2) is 0 Å². The number of aromatic nitrogens is 1. The molecule has 1 amide bonds. The van der Waals surface area contributed by atoms with Crippen LogP contribution in [0.15, 0.2) is 35.4 Å². The van der Waals surface area contributed by atoms with Crippen LogP contribution in [0.2, 0.25) is 0 Å². The molecule has 1 fully saturated rings. The van der Waals surface area contributed by atoms with E-state index >= 15 is 0 Å². The second-order valence-corrected chi connectivity index (χ2v) is 8.27. The number of halogens is 1. The fraction of sp³-hybridized carbons (Fsp3) is 0.409. The van der Waals surface area contributed by atoms with E-state index in [-0.39, 0.29) is 23.6 Å². The van der Waals surface area contributed by atoms with E-state index in [4.69, 9.17) is 4.74 Å². The Hall–Kier alpha value is -2.43. The number of benzene rings is 1. The van der Waals surface area contributed by atoms with Gasteiger partial charge in [-0.3, -0.25) is 4.79 Å². The number of amides is 1. The topological polar surface area (TPSA) is 66.2 Å². The van der Waals surface area contributed by atoms with E-state index in [1.54, 1.807) is 17.0 Å². The van der Waals surface area contributed by atoms with Crippen LogP contribution in [0, 0.1) is 17.1 Å². The van der Waals surface area contributed by atoms with Crippen LogP contribution in [0.25, 0.3) is 0 Å². The van der Waals surface area contributed by atoms with Crippen LogP contribution in [-0.2, 0) is 22.4 Å². The van der Waals surface area contributed by atoms with Crippen molar-refractivity contribution in [3.63, 3.8) is 0 Å². The zero-order chi connectivity index (χ0) is 20.2. The predicted molar refractivity (Wildman–Crippen MR) is 108 cm³/mol. The van der Waals surface area contributed by atoms with Crippen LogP contribution in [0.5, 0.6) is 0 Å². The molecule has 1 aliphatic heterocycles. The number of ether oxygens (including phenoxy) is 1. The number of fused-ring (bicyclic) bond motifs is 1. The Kier molecular flexibility index (Phi) is 6.12. The Labute approximate surface area is 173 Å². The van der Waals surface area contributed by atoms with E-state index in [0.29, 0.717) is 30.3 Å². The molecule has 0 radical (unpaired) electrons. The summed E-state index contributed by atoms with van der Waals surface area (Å²) >= 11 is 1.33. The Bertz CT molecular complexity index is 942. The number of nitrogens with zero attached hydrogens (tertiary/aromatic N) is 3. The second-order valence-electron chi connectivity index (χ2n) is 7.31. The van der Waals surface area contributed by atoms with Gasteiger partial charge in [-0.2, -0.15) is 5.26 Å². The molecule has 0 saturated carbocycles. The number of hydrogen-bond acceptors (Lipinski definition) is 5. The Morgan fingerprint density at radius 1 is 1.31 bits per heavy atom. The number of carbonyl (C=O) groups excluding carboxylic acids is 1. The molecule has 0 N–H and O–H groups in total. The number of aryl methyl sites for hydroxylation is 2. The molecular formula is C22H22FN3O2S. The van der Waals surface area contributed by atoms with Crippen molar-refractivity contribution >= 4 is 17.7 Å². The molecule has 4 rings (SSSR count). The SMILES string of the molecule is N#Cc1cc2c(nc1SCC(=O)N1CCOC(c3ccc(F)cc3)C1)CCCC2. The van der Waals surface area contributed by atoms with Gasteiger partial charge in [0.2, 0.25) is 5.91 Å². The standard InChI is InChI=1S/C22H22FN3O2S/c23-18-7-5-15(6-8-18)20-13-26(9-10-28-20)21(27)14-29-22-17(12-24)11-16-3-1-2-4-19(16)25-22/h5-8,11,20H,1-4,9-10,13-14H2. The van der Waals surface area contributed by atoms with Crippen molar-refractivity contribution in [1.29, 1.82) is 5.26 Å². The van der Waals surface area contributed by atoms with Crippen molar-refractivity contribution in [1.82, 2.24) is 9.88 Å². The summed E-state index contributed by atoms with van der Waals surface area (Å²) in [6, 6.07) is 10.4. The molecule has 2 aliphatic rings. The van der Waals surface area contributed by atoms with Crippen molar-refractivity contribution in [3.8, 4) is 6.07 Å². The summed E-state index contributed by atoms with van der Waals surface area (Å²) in [7, 11) is 0. The molecule has 5 nitrogen and oxygen atoms in total. The summed E-state index contributed by atoms with van der Waals surface area (Å²) in [5.41, 5.74) is 3.64. The highest BCUT2D eigenvalue weighted by Crippen LogP contribution is 2.28. The highest BCUT2D eigenvalue weighted by atomic mass is 32.2. The molecule has 150 valence electrons. The summed E-state index contributed by atoms with van der Waals surface area (Å²) < 4.78 is 18.9. The van der Waals surface area contributed by atoms with Gasteiger partial charge in [-0.25, -0.2) is 9.37 Å². The number of nitriles is 1. The third kappa shape index (κ3) is 4.60. The van der Waals surface area contributed by atoms with E-state index in [9.17, 15) is 14.4 Å². The van der Waals surface area contributed by atoms with Gasteiger partial charge in [0, 0.05) is 12.2 Å². The third-order valence-corrected chi connectivity index (χ3v) is 6.36. The first-order valence-corrected chi connectivity index (χ1v) is 10.8. The van der Waals surface area contributed by atoms with Crippen LogP contribution in [-0.4, -0.2) is 41.2 Å². The number of morpholine rings is 1. The molecule has 0 spiro atoms. The minimum absolute atomic E-state index is 0.00572. The molecule has 1 aromatic heterocycles. The molecule has 29 heavy (non-hydrogen) atoms. The fourth-order valence-electron chi connectivity index (χ4n) is 3.78. The molecule has 0 bridgehead atoms. The van der Waals surface area contributed by atoms with Gasteiger partial charge in [0.05, 0.1) is 24.5 Å². The maximum atomic E-state index is 13.2. The van der Waals surface area contributed by atoms with Crippen molar-refractivity contribution in [2.24, 2.45) is 0 Å². The first-order chi connectivity index (χ1) is 14.1. The molecule has 7 heteroatoms. The number of pyridine rings is 1. The average molecular weight is 412 g/mol. The summed E-state index contributed by atoms with van der Waals surface area (Å²) in [4.78, 5) is 19.2. The van der Waals surface area contributed by atoms with E-state index in [2.05, 4.69) is 11.1 Å². The summed E-state index contributed by atoms with van der Waals surface area (Å²) in [6.45, 7) is 1.41. The van der Waals surface area contributed by atoms with Crippen molar-refractivity contribution < 1.29 is 13.9 Å². The lowest BCUT2D eigenvalue weighted by molar-refractivity contribution is -0.136. The molecule has 1 unspecified atom stereocenters. The molecule has 1 saturated heterocycles. The Morgan fingerprint density at radius 3 is 2.90 bits per heavy atom. The molecule has 1 aromatic carbocycles. The number of carbonyl (C=O) groups is 1. The maximum Gasteiger partial charge on any atom is 0.233 e. The third-order valence-electron chi connectivity index (χ3n) is 5.38. The van der Waals surface area contributed by atoms with E-state index in [1.807, 2.05) is 6.07 Å². The highest BCUT2D eigenvalue weighted by molar-refractivity contribution is 8.00. The van der Waals surface area contributed by atoms with Crippen LogP contribution >= 0.6 is 11.8 Å². The monoisotopic (exact) mass is 411 g/mol. The largest absolute Gasteiger partial charge is 0.370 e. The normalized spacial score (nSPS) is 18.8. The maximum absolute atomic E-state index is 13.2. The van der Waals surface area contributed by atoms with Crippen molar-refractivity contribution in [3.05, 3.63) is 58.5 Å². The zero-order valence-corrected chi connectivity index (χ0v) is 16.9. The van der Waals surface area contributed by atoms with Gasteiger partial charge in [-0.15, -0.1) is 0 Å². The lowest BCUT2D eigenvalue weighted by atomic mass is 9.95.